The zero-order chi connectivity index (χ0) is 22.2. The van der Waals surface area contributed by atoms with Gasteiger partial charge in [0.1, 0.15) is 0 Å². The largest absolute Gasteiger partial charge is 0.356 e. The van der Waals surface area contributed by atoms with Crippen molar-refractivity contribution in [2.45, 2.75) is 65.3 Å². The molecule has 1 saturated heterocycles. The van der Waals surface area contributed by atoms with E-state index in [1.807, 2.05) is 36.7 Å². The molecule has 0 radical (unpaired) electrons. The number of rotatable bonds is 6. The maximum atomic E-state index is 12.6. The lowest BCUT2D eigenvalue weighted by atomic mass is 9.91. The molecule has 1 amide bonds. The second-order valence-corrected chi connectivity index (χ2v) is 9.31. The summed E-state index contributed by atoms with van der Waals surface area (Å²) in [4.78, 5) is 19.5. The number of piperidine rings is 1. The molecule has 166 valence electrons. The molecule has 8 nitrogen and oxygen atoms in total. The first-order valence-corrected chi connectivity index (χ1v) is 11.1. The molecule has 1 fully saturated rings. The van der Waals surface area contributed by atoms with Gasteiger partial charge in [0.05, 0.1) is 29.2 Å². The Morgan fingerprint density at radius 2 is 2.10 bits per heavy atom. The highest BCUT2D eigenvalue weighted by molar-refractivity contribution is 5.78. The zero-order valence-electron chi connectivity index (χ0n) is 19.1. The fourth-order valence-electron chi connectivity index (χ4n) is 4.27. The number of carbonyl (C=O) groups is 1. The van der Waals surface area contributed by atoms with E-state index in [9.17, 15) is 4.79 Å². The molecule has 3 aromatic heterocycles. The van der Waals surface area contributed by atoms with E-state index in [2.05, 4.69) is 41.1 Å². The highest BCUT2D eigenvalue weighted by Crippen LogP contribution is 2.34. The maximum absolute atomic E-state index is 12.6. The van der Waals surface area contributed by atoms with Crippen LogP contribution in [0.3, 0.4) is 0 Å². The van der Waals surface area contributed by atoms with Gasteiger partial charge in [-0.3, -0.25) is 9.69 Å². The number of aryl methyl sites for hydroxylation is 2. The highest BCUT2D eigenvalue weighted by atomic mass is 16.5. The summed E-state index contributed by atoms with van der Waals surface area (Å²) >= 11 is 0. The van der Waals surface area contributed by atoms with Gasteiger partial charge < -0.3 is 9.84 Å². The van der Waals surface area contributed by atoms with E-state index in [0.29, 0.717) is 12.3 Å². The van der Waals surface area contributed by atoms with Crippen LogP contribution in [-0.2, 0) is 4.79 Å². The predicted octanol–water partition coefficient (Wildman–Crippen LogP) is 3.49. The summed E-state index contributed by atoms with van der Waals surface area (Å²) < 4.78 is 7.53. The molecule has 1 N–H and O–H groups in total. The first kappa shape index (κ1) is 21.5. The molecule has 0 saturated carbocycles. The lowest BCUT2D eigenvalue weighted by molar-refractivity contribution is -0.124. The van der Waals surface area contributed by atoms with Crippen LogP contribution in [0.2, 0.25) is 0 Å². The third-order valence-electron chi connectivity index (χ3n) is 6.16. The number of hydrogen-bond donors (Lipinski definition) is 1. The van der Waals surface area contributed by atoms with Crippen LogP contribution in [0.5, 0.6) is 0 Å². The average Bonchev–Trinajstić information content (AvgIpc) is 3.31. The molecule has 1 unspecified atom stereocenters. The fraction of sp³-hybridized carbons (Fsp3) is 0.565. The molecule has 0 bridgehead atoms. The Balaban J connectivity index is 1.63. The van der Waals surface area contributed by atoms with Crippen LogP contribution in [0.4, 0.5) is 0 Å². The number of amides is 1. The van der Waals surface area contributed by atoms with E-state index >= 15 is 0 Å². The van der Waals surface area contributed by atoms with Crippen molar-refractivity contribution in [2.24, 2.45) is 0 Å². The minimum atomic E-state index is -0.187. The van der Waals surface area contributed by atoms with Crippen molar-refractivity contribution in [1.82, 2.24) is 30.0 Å². The molecule has 31 heavy (non-hydrogen) atoms. The lowest BCUT2D eigenvalue weighted by Crippen LogP contribution is -2.49. The van der Waals surface area contributed by atoms with E-state index in [-0.39, 0.29) is 17.4 Å². The van der Waals surface area contributed by atoms with Gasteiger partial charge in [-0.1, -0.05) is 12.1 Å². The quantitative estimate of drug-likeness (QED) is 0.652. The van der Waals surface area contributed by atoms with Crippen molar-refractivity contribution in [3.05, 3.63) is 35.4 Å². The van der Waals surface area contributed by atoms with E-state index in [4.69, 9.17) is 9.62 Å². The van der Waals surface area contributed by atoms with Gasteiger partial charge in [0, 0.05) is 36.3 Å². The fourth-order valence-corrected chi connectivity index (χ4v) is 4.27. The predicted molar refractivity (Wildman–Crippen MR) is 119 cm³/mol. The van der Waals surface area contributed by atoms with Gasteiger partial charge in [0.2, 0.25) is 5.91 Å². The van der Waals surface area contributed by atoms with Crippen molar-refractivity contribution in [3.8, 4) is 11.3 Å². The summed E-state index contributed by atoms with van der Waals surface area (Å²) in [6, 6.07) is 3.92. The van der Waals surface area contributed by atoms with Crippen LogP contribution >= 0.6 is 0 Å². The standard InChI is InChI=1S/C23H32N6O2/c1-6-23(4,5)25-21(30)14-28-9-7-8-17(13-28)22-18(19-10-16(3)27-31-19)12-24-20-11-15(2)26-29(20)22/h10-12,17H,6-9,13-14H2,1-5H3,(H,25,30). The lowest BCUT2D eigenvalue weighted by Gasteiger charge is -2.34. The second-order valence-electron chi connectivity index (χ2n) is 9.31. The monoisotopic (exact) mass is 424 g/mol. The van der Waals surface area contributed by atoms with Crippen LogP contribution in [-0.4, -0.2) is 55.7 Å². The molecule has 0 spiro atoms. The number of fused-ring (bicyclic) bond motifs is 1. The number of aromatic nitrogens is 4. The van der Waals surface area contributed by atoms with Crippen LogP contribution in [0.1, 0.15) is 63.0 Å². The molecule has 4 heterocycles. The molecule has 0 aromatic carbocycles. The Bertz CT molecular complexity index is 1080. The molecule has 1 aliphatic rings. The first-order chi connectivity index (χ1) is 14.8. The normalized spacial score (nSPS) is 17.9. The SMILES string of the molecule is CCC(C)(C)NC(=O)CN1CCCC(c2c(-c3cc(C)no3)cnc3cc(C)nn23)C1. The van der Waals surface area contributed by atoms with Crippen LogP contribution in [0.15, 0.2) is 22.9 Å². The summed E-state index contributed by atoms with van der Waals surface area (Å²) in [5.41, 5.74) is 4.39. The molecule has 1 aliphatic heterocycles. The number of likely N-dealkylation sites (tertiary alicyclic amines) is 1. The van der Waals surface area contributed by atoms with Crippen molar-refractivity contribution < 1.29 is 9.32 Å². The summed E-state index contributed by atoms with van der Waals surface area (Å²) in [5, 5.41) is 11.9. The number of hydrogen-bond acceptors (Lipinski definition) is 6. The minimum Gasteiger partial charge on any atom is -0.356 e. The maximum Gasteiger partial charge on any atom is 0.234 e. The van der Waals surface area contributed by atoms with Crippen LogP contribution in [0.25, 0.3) is 17.0 Å². The Labute approximate surface area is 183 Å². The summed E-state index contributed by atoms with van der Waals surface area (Å²) in [6.07, 6.45) is 4.81. The summed E-state index contributed by atoms with van der Waals surface area (Å²) in [5.74, 6) is 0.994. The van der Waals surface area contributed by atoms with Crippen molar-refractivity contribution >= 4 is 11.6 Å². The first-order valence-electron chi connectivity index (χ1n) is 11.1. The number of nitrogens with zero attached hydrogens (tertiary/aromatic N) is 5. The Hall–Kier alpha value is -2.74. The Kier molecular flexibility index (Phi) is 5.83. The van der Waals surface area contributed by atoms with Crippen molar-refractivity contribution in [1.29, 1.82) is 0 Å². The van der Waals surface area contributed by atoms with E-state index < -0.39 is 0 Å². The van der Waals surface area contributed by atoms with Gasteiger partial charge in [-0.05, 0) is 53.5 Å². The minimum absolute atomic E-state index is 0.0772. The van der Waals surface area contributed by atoms with E-state index in [1.54, 1.807) is 0 Å². The third-order valence-corrected chi connectivity index (χ3v) is 6.16. The van der Waals surface area contributed by atoms with Gasteiger partial charge >= 0.3 is 0 Å². The summed E-state index contributed by atoms with van der Waals surface area (Å²) in [7, 11) is 0. The highest BCUT2D eigenvalue weighted by Gasteiger charge is 2.29. The zero-order valence-corrected chi connectivity index (χ0v) is 19.1. The van der Waals surface area contributed by atoms with Crippen molar-refractivity contribution in [3.63, 3.8) is 0 Å². The molecule has 4 rings (SSSR count). The Morgan fingerprint density at radius 1 is 1.29 bits per heavy atom. The van der Waals surface area contributed by atoms with Gasteiger partial charge in [-0.15, -0.1) is 0 Å². The van der Waals surface area contributed by atoms with Crippen molar-refractivity contribution in [2.75, 3.05) is 19.6 Å². The average molecular weight is 425 g/mol. The number of carbonyl (C=O) groups excluding carboxylic acids is 1. The van der Waals surface area contributed by atoms with Gasteiger partial charge in [-0.2, -0.15) is 5.10 Å². The van der Waals surface area contributed by atoms with Crippen LogP contribution < -0.4 is 5.32 Å². The smallest absolute Gasteiger partial charge is 0.234 e. The summed E-state index contributed by atoms with van der Waals surface area (Å²) in [6.45, 7) is 12.2. The molecule has 8 heteroatoms. The van der Waals surface area contributed by atoms with Crippen LogP contribution in [0, 0.1) is 13.8 Å². The van der Waals surface area contributed by atoms with E-state index in [0.717, 1.165) is 60.6 Å². The van der Waals surface area contributed by atoms with Gasteiger partial charge in [0.25, 0.3) is 0 Å². The molecule has 0 aliphatic carbocycles. The molecule has 3 aromatic rings. The second kappa shape index (κ2) is 8.42. The van der Waals surface area contributed by atoms with E-state index in [1.165, 1.54) is 0 Å². The Morgan fingerprint density at radius 3 is 2.81 bits per heavy atom. The van der Waals surface area contributed by atoms with Gasteiger partial charge in [0.15, 0.2) is 11.4 Å². The topological polar surface area (TPSA) is 88.6 Å². The van der Waals surface area contributed by atoms with Gasteiger partial charge in [-0.25, -0.2) is 9.50 Å². The molecular formula is C23H32N6O2. The molecule has 1 atom stereocenters. The third kappa shape index (κ3) is 4.63. The number of nitrogens with one attached hydrogen (secondary N) is 1. The molecular weight excluding hydrogens is 392 g/mol.